The summed E-state index contributed by atoms with van der Waals surface area (Å²) in [5.74, 6) is 0. The Hall–Kier alpha value is -0.340. The van der Waals surface area contributed by atoms with Crippen LogP contribution in [-0.4, -0.2) is 36.6 Å². The third-order valence-corrected chi connectivity index (χ3v) is 2.84. The summed E-state index contributed by atoms with van der Waals surface area (Å²) < 4.78 is 0. The monoisotopic (exact) mass is 196 g/mol. The van der Waals surface area contributed by atoms with Crippen LogP contribution in [0.2, 0.25) is 0 Å². The highest BCUT2D eigenvalue weighted by Gasteiger charge is 2.22. The van der Waals surface area contributed by atoms with Gasteiger partial charge < -0.3 is 5.32 Å². The average Bonchev–Trinajstić information content (AvgIpc) is 2.58. The molecule has 1 aliphatic heterocycles. The summed E-state index contributed by atoms with van der Waals surface area (Å²) in [6, 6.07) is 1.37. The zero-order valence-electron chi connectivity index (χ0n) is 9.79. The van der Waals surface area contributed by atoms with Gasteiger partial charge >= 0.3 is 0 Å². The molecule has 0 aromatic carbocycles. The van der Waals surface area contributed by atoms with E-state index in [9.17, 15) is 0 Å². The molecule has 1 heterocycles. The van der Waals surface area contributed by atoms with Gasteiger partial charge in [-0.1, -0.05) is 26.0 Å². The molecule has 1 atom stereocenters. The van der Waals surface area contributed by atoms with Crippen LogP contribution < -0.4 is 5.32 Å². The summed E-state index contributed by atoms with van der Waals surface area (Å²) >= 11 is 0. The first-order valence-electron chi connectivity index (χ1n) is 5.82. The van der Waals surface area contributed by atoms with Crippen molar-refractivity contribution >= 4 is 0 Å². The molecule has 0 spiro atoms. The highest BCUT2D eigenvalue weighted by molar-refractivity contribution is 4.88. The van der Waals surface area contributed by atoms with E-state index in [0.717, 1.165) is 19.1 Å². The van der Waals surface area contributed by atoms with Crippen LogP contribution in [0.3, 0.4) is 0 Å². The maximum Gasteiger partial charge on any atom is 0.0224 e. The van der Waals surface area contributed by atoms with Crippen LogP contribution >= 0.6 is 0 Å². The molecule has 1 fully saturated rings. The molecular formula is C12H24N2. The summed E-state index contributed by atoms with van der Waals surface area (Å²) in [6.45, 7) is 10.1. The van der Waals surface area contributed by atoms with E-state index in [4.69, 9.17) is 0 Å². The lowest BCUT2D eigenvalue weighted by Gasteiger charge is -2.24. The van der Waals surface area contributed by atoms with Gasteiger partial charge in [0.2, 0.25) is 0 Å². The Kier molecular flexibility index (Phi) is 5.20. The maximum absolute atomic E-state index is 3.53. The second-order valence-electron chi connectivity index (χ2n) is 4.42. The zero-order valence-corrected chi connectivity index (χ0v) is 9.79. The Morgan fingerprint density at radius 2 is 2.29 bits per heavy atom. The fourth-order valence-corrected chi connectivity index (χ4v) is 1.98. The van der Waals surface area contributed by atoms with Gasteiger partial charge in [-0.3, -0.25) is 4.90 Å². The molecule has 0 saturated carbocycles. The largest absolute Gasteiger partial charge is 0.313 e. The summed E-state index contributed by atoms with van der Waals surface area (Å²) in [7, 11) is 0. The quantitative estimate of drug-likeness (QED) is 0.677. The smallest absolute Gasteiger partial charge is 0.0224 e. The summed E-state index contributed by atoms with van der Waals surface area (Å²) in [5.41, 5.74) is 0. The van der Waals surface area contributed by atoms with Crippen molar-refractivity contribution in [3.63, 3.8) is 0 Å². The van der Waals surface area contributed by atoms with Crippen molar-refractivity contribution in [2.75, 3.05) is 19.6 Å². The Morgan fingerprint density at radius 1 is 1.50 bits per heavy atom. The van der Waals surface area contributed by atoms with Gasteiger partial charge in [0.05, 0.1) is 0 Å². The lowest BCUT2D eigenvalue weighted by atomic mass is 10.2. The molecule has 1 aliphatic rings. The Bertz CT molecular complexity index is 175. The molecule has 0 bridgehead atoms. The van der Waals surface area contributed by atoms with E-state index in [1.54, 1.807) is 0 Å². The van der Waals surface area contributed by atoms with Crippen molar-refractivity contribution in [3.05, 3.63) is 12.2 Å². The van der Waals surface area contributed by atoms with Gasteiger partial charge in [-0.15, -0.1) is 0 Å². The van der Waals surface area contributed by atoms with E-state index in [1.165, 1.54) is 19.4 Å². The molecule has 0 amide bonds. The van der Waals surface area contributed by atoms with Crippen molar-refractivity contribution in [2.24, 2.45) is 0 Å². The molecule has 1 rings (SSSR count). The molecular weight excluding hydrogens is 172 g/mol. The molecule has 2 heteroatoms. The van der Waals surface area contributed by atoms with E-state index < -0.39 is 0 Å². The van der Waals surface area contributed by atoms with Gasteiger partial charge in [-0.05, 0) is 26.3 Å². The second-order valence-corrected chi connectivity index (χ2v) is 4.42. The van der Waals surface area contributed by atoms with Gasteiger partial charge in [-0.2, -0.15) is 0 Å². The van der Waals surface area contributed by atoms with Crippen LogP contribution in [-0.2, 0) is 0 Å². The van der Waals surface area contributed by atoms with Crippen molar-refractivity contribution < 1.29 is 0 Å². The van der Waals surface area contributed by atoms with Crippen LogP contribution in [0.5, 0.6) is 0 Å². The van der Waals surface area contributed by atoms with E-state index in [-0.39, 0.29) is 0 Å². The number of nitrogens with zero attached hydrogens (tertiary/aromatic N) is 1. The van der Waals surface area contributed by atoms with Gasteiger partial charge in [0.25, 0.3) is 0 Å². The zero-order chi connectivity index (χ0) is 10.4. The first-order valence-corrected chi connectivity index (χ1v) is 5.82. The van der Waals surface area contributed by atoms with Crippen LogP contribution in [0.15, 0.2) is 12.2 Å². The Labute approximate surface area is 88.4 Å². The van der Waals surface area contributed by atoms with Gasteiger partial charge in [-0.25, -0.2) is 0 Å². The third kappa shape index (κ3) is 3.81. The predicted molar refractivity (Wildman–Crippen MR) is 62.5 cm³/mol. The normalized spacial score (nSPS) is 24.1. The van der Waals surface area contributed by atoms with Crippen molar-refractivity contribution in [1.82, 2.24) is 10.2 Å². The van der Waals surface area contributed by atoms with Crippen LogP contribution in [0, 0.1) is 0 Å². The van der Waals surface area contributed by atoms with Gasteiger partial charge in [0.1, 0.15) is 0 Å². The molecule has 0 aliphatic carbocycles. The molecule has 0 aromatic heterocycles. The number of nitrogens with one attached hydrogen (secondary N) is 1. The highest BCUT2D eigenvalue weighted by Crippen LogP contribution is 2.16. The first-order chi connectivity index (χ1) is 6.74. The van der Waals surface area contributed by atoms with E-state index in [0.29, 0.717) is 6.04 Å². The van der Waals surface area contributed by atoms with E-state index >= 15 is 0 Å². The topological polar surface area (TPSA) is 15.3 Å². The molecule has 2 nitrogen and oxygen atoms in total. The minimum Gasteiger partial charge on any atom is -0.313 e. The van der Waals surface area contributed by atoms with Gasteiger partial charge in [0.15, 0.2) is 0 Å². The summed E-state index contributed by atoms with van der Waals surface area (Å²) in [5, 5.41) is 3.53. The Balaban J connectivity index is 2.27. The number of hydrogen-bond acceptors (Lipinski definition) is 2. The molecule has 0 radical (unpaired) electrons. The molecule has 0 aromatic rings. The second kappa shape index (κ2) is 6.20. The van der Waals surface area contributed by atoms with Crippen molar-refractivity contribution in [2.45, 2.75) is 45.7 Å². The fourth-order valence-electron chi connectivity index (χ4n) is 1.98. The minimum atomic E-state index is 0.610. The SMILES string of the molecule is C/C=C/CN1CCCC1CNC(C)C. The summed E-state index contributed by atoms with van der Waals surface area (Å²) in [4.78, 5) is 2.58. The Morgan fingerprint density at radius 3 is 2.93 bits per heavy atom. The maximum atomic E-state index is 3.53. The van der Waals surface area contributed by atoms with E-state index in [1.807, 2.05) is 0 Å². The number of allylic oxidation sites excluding steroid dienone is 1. The number of likely N-dealkylation sites (tertiary alicyclic amines) is 1. The predicted octanol–water partition coefficient (Wildman–Crippen LogP) is 2.02. The van der Waals surface area contributed by atoms with Crippen molar-refractivity contribution in [3.8, 4) is 0 Å². The average molecular weight is 196 g/mol. The molecule has 1 saturated heterocycles. The van der Waals surface area contributed by atoms with Crippen LogP contribution in [0.25, 0.3) is 0 Å². The van der Waals surface area contributed by atoms with Crippen LogP contribution in [0.1, 0.15) is 33.6 Å². The van der Waals surface area contributed by atoms with E-state index in [2.05, 4.69) is 43.1 Å². The lowest BCUT2D eigenvalue weighted by Crippen LogP contribution is -2.40. The first kappa shape index (κ1) is 11.7. The standard InChI is InChI=1S/C12H24N2/c1-4-5-8-14-9-6-7-12(14)10-13-11(2)3/h4-5,11-13H,6-10H2,1-3H3/b5-4+. The van der Waals surface area contributed by atoms with Gasteiger partial charge in [0, 0.05) is 25.2 Å². The highest BCUT2D eigenvalue weighted by atomic mass is 15.2. The summed E-state index contributed by atoms with van der Waals surface area (Å²) in [6.07, 6.45) is 7.12. The molecule has 1 N–H and O–H groups in total. The fraction of sp³-hybridized carbons (Fsp3) is 0.833. The minimum absolute atomic E-state index is 0.610. The third-order valence-electron chi connectivity index (χ3n) is 2.84. The molecule has 14 heavy (non-hydrogen) atoms. The number of hydrogen-bond donors (Lipinski definition) is 1. The number of rotatable bonds is 5. The molecule has 82 valence electrons. The van der Waals surface area contributed by atoms with Crippen molar-refractivity contribution in [1.29, 1.82) is 0 Å². The van der Waals surface area contributed by atoms with Crippen LogP contribution in [0.4, 0.5) is 0 Å². The lowest BCUT2D eigenvalue weighted by molar-refractivity contribution is 0.268. The molecule has 1 unspecified atom stereocenters.